The van der Waals surface area contributed by atoms with Gasteiger partial charge in [0.2, 0.25) is 5.91 Å². The second-order valence-electron chi connectivity index (χ2n) is 5.03. The van der Waals surface area contributed by atoms with Crippen molar-refractivity contribution in [3.05, 3.63) is 17.0 Å². The summed E-state index contributed by atoms with van der Waals surface area (Å²) in [6.45, 7) is 5.72. The highest BCUT2D eigenvalue weighted by molar-refractivity contribution is 7.14. The van der Waals surface area contributed by atoms with Crippen molar-refractivity contribution in [1.29, 1.82) is 0 Å². The number of hydrogen-bond acceptors (Lipinski definition) is 5. The molecule has 110 valence electrons. The van der Waals surface area contributed by atoms with Crippen LogP contribution in [0, 0.1) is 0 Å². The Kier molecular flexibility index (Phi) is 4.74. The standard InChI is InChI=1S/C13H19N3O3S/c1-8-5-16(6-9(2)19-8)7-11(17)15-13-10(12(14)18)3-4-20-13/h3-4,8-9H,5-7H2,1-2H3,(H2,14,18)(H,15,17)/t8-,9+. The third-order valence-corrected chi connectivity index (χ3v) is 3.88. The number of hydrogen-bond donors (Lipinski definition) is 2. The van der Waals surface area contributed by atoms with Crippen LogP contribution < -0.4 is 11.1 Å². The second kappa shape index (κ2) is 6.34. The summed E-state index contributed by atoms with van der Waals surface area (Å²) < 4.78 is 5.62. The van der Waals surface area contributed by atoms with Crippen molar-refractivity contribution >= 4 is 28.2 Å². The van der Waals surface area contributed by atoms with Gasteiger partial charge in [0.15, 0.2) is 0 Å². The Bertz CT molecular complexity index is 493. The van der Waals surface area contributed by atoms with Crippen molar-refractivity contribution in [2.24, 2.45) is 5.73 Å². The Hall–Kier alpha value is -1.44. The molecular formula is C13H19N3O3S. The minimum atomic E-state index is -0.532. The molecule has 0 bridgehead atoms. The first-order valence-corrected chi connectivity index (χ1v) is 7.38. The molecule has 1 aromatic rings. The zero-order valence-electron chi connectivity index (χ0n) is 11.6. The number of morpholine rings is 1. The van der Waals surface area contributed by atoms with E-state index in [1.807, 2.05) is 18.7 Å². The highest BCUT2D eigenvalue weighted by Gasteiger charge is 2.24. The lowest BCUT2D eigenvalue weighted by molar-refractivity contribution is -0.121. The number of rotatable bonds is 4. The normalized spacial score (nSPS) is 23.5. The number of nitrogens with two attached hydrogens (primary N) is 1. The van der Waals surface area contributed by atoms with E-state index in [2.05, 4.69) is 5.32 Å². The number of primary amides is 1. The van der Waals surface area contributed by atoms with E-state index in [-0.39, 0.29) is 24.7 Å². The molecule has 1 aromatic heterocycles. The first-order chi connectivity index (χ1) is 9.45. The smallest absolute Gasteiger partial charge is 0.251 e. The van der Waals surface area contributed by atoms with E-state index < -0.39 is 5.91 Å². The van der Waals surface area contributed by atoms with Crippen LogP contribution in [0.3, 0.4) is 0 Å². The minimum absolute atomic E-state index is 0.120. The molecule has 6 nitrogen and oxygen atoms in total. The molecule has 2 atom stereocenters. The van der Waals surface area contributed by atoms with Gasteiger partial charge >= 0.3 is 0 Å². The Morgan fingerprint density at radius 3 is 2.70 bits per heavy atom. The Labute approximate surface area is 121 Å². The fourth-order valence-corrected chi connectivity index (χ4v) is 3.19. The topological polar surface area (TPSA) is 84.7 Å². The lowest BCUT2D eigenvalue weighted by Crippen LogP contribution is -2.48. The number of amides is 2. The molecule has 2 rings (SSSR count). The van der Waals surface area contributed by atoms with Gasteiger partial charge in [-0.05, 0) is 25.3 Å². The molecule has 0 aromatic carbocycles. The van der Waals surface area contributed by atoms with Crippen molar-refractivity contribution in [3.8, 4) is 0 Å². The van der Waals surface area contributed by atoms with Crippen LogP contribution >= 0.6 is 11.3 Å². The highest BCUT2D eigenvalue weighted by Crippen LogP contribution is 2.22. The fraction of sp³-hybridized carbons (Fsp3) is 0.538. The number of carbonyl (C=O) groups excluding carboxylic acids is 2. The van der Waals surface area contributed by atoms with E-state index in [9.17, 15) is 9.59 Å². The van der Waals surface area contributed by atoms with Gasteiger partial charge < -0.3 is 15.8 Å². The fourth-order valence-electron chi connectivity index (χ4n) is 2.38. The summed E-state index contributed by atoms with van der Waals surface area (Å²) in [5.41, 5.74) is 5.60. The summed E-state index contributed by atoms with van der Waals surface area (Å²) in [4.78, 5) is 25.3. The number of nitrogens with zero attached hydrogens (tertiary/aromatic N) is 1. The van der Waals surface area contributed by atoms with E-state index in [1.165, 1.54) is 11.3 Å². The van der Waals surface area contributed by atoms with Gasteiger partial charge in [0, 0.05) is 13.1 Å². The molecule has 0 unspecified atom stereocenters. The summed E-state index contributed by atoms with van der Waals surface area (Å²) in [6.07, 6.45) is 0.240. The second-order valence-corrected chi connectivity index (χ2v) is 5.94. The van der Waals surface area contributed by atoms with E-state index in [4.69, 9.17) is 10.5 Å². The summed E-state index contributed by atoms with van der Waals surface area (Å²) >= 11 is 1.29. The van der Waals surface area contributed by atoms with Crippen LogP contribution in [0.4, 0.5) is 5.00 Å². The Morgan fingerprint density at radius 1 is 1.45 bits per heavy atom. The summed E-state index contributed by atoms with van der Waals surface area (Å²) in [5, 5.41) is 4.99. The van der Waals surface area contributed by atoms with Crippen LogP contribution in [0.1, 0.15) is 24.2 Å². The number of anilines is 1. The van der Waals surface area contributed by atoms with Gasteiger partial charge in [0.1, 0.15) is 5.00 Å². The molecule has 2 amide bonds. The molecule has 1 aliphatic heterocycles. The number of thiophene rings is 1. The Morgan fingerprint density at radius 2 is 2.10 bits per heavy atom. The van der Waals surface area contributed by atoms with Gasteiger partial charge in [0.25, 0.3) is 5.91 Å². The van der Waals surface area contributed by atoms with Crippen molar-refractivity contribution < 1.29 is 14.3 Å². The van der Waals surface area contributed by atoms with E-state index in [0.717, 1.165) is 13.1 Å². The SMILES string of the molecule is C[C@@H]1CN(CC(=O)Nc2sccc2C(N)=O)C[C@H](C)O1. The maximum atomic E-state index is 12.0. The molecule has 0 spiro atoms. The van der Waals surface area contributed by atoms with Crippen molar-refractivity contribution in [2.75, 3.05) is 25.0 Å². The third-order valence-electron chi connectivity index (χ3n) is 3.05. The molecule has 1 aliphatic rings. The molecule has 7 heteroatoms. The third kappa shape index (κ3) is 3.78. The molecule has 1 saturated heterocycles. The predicted octanol–water partition coefficient (Wildman–Crippen LogP) is 0.895. The molecule has 0 aliphatic carbocycles. The summed E-state index contributed by atoms with van der Waals surface area (Å²) in [6, 6.07) is 1.61. The van der Waals surface area contributed by atoms with E-state index >= 15 is 0 Å². The largest absolute Gasteiger partial charge is 0.373 e. The average molecular weight is 297 g/mol. The van der Waals surface area contributed by atoms with Crippen molar-refractivity contribution in [3.63, 3.8) is 0 Å². The molecule has 2 heterocycles. The maximum Gasteiger partial charge on any atom is 0.251 e. The maximum absolute atomic E-state index is 12.0. The van der Waals surface area contributed by atoms with E-state index in [1.54, 1.807) is 11.4 Å². The van der Waals surface area contributed by atoms with Crippen LogP contribution in [0.25, 0.3) is 0 Å². The van der Waals surface area contributed by atoms with Gasteiger partial charge in [-0.25, -0.2) is 0 Å². The van der Waals surface area contributed by atoms with Crippen LogP contribution in [0.2, 0.25) is 0 Å². The molecule has 1 fully saturated rings. The van der Waals surface area contributed by atoms with Gasteiger partial charge in [-0.2, -0.15) is 0 Å². The van der Waals surface area contributed by atoms with Gasteiger partial charge in [-0.3, -0.25) is 14.5 Å². The monoisotopic (exact) mass is 297 g/mol. The van der Waals surface area contributed by atoms with Crippen molar-refractivity contribution in [1.82, 2.24) is 4.90 Å². The minimum Gasteiger partial charge on any atom is -0.373 e. The zero-order chi connectivity index (χ0) is 14.7. The van der Waals surface area contributed by atoms with Gasteiger partial charge in [-0.15, -0.1) is 11.3 Å². The van der Waals surface area contributed by atoms with E-state index in [0.29, 0.717) is 10.6 Å². The van der Waals surface area contributed by atoms with Crippen molar-refractivity contribution in [2.45, 2.75) is 26.1 Å². The van der Waals surface area contributed by atoms with Crippen LogP contribution in [0.5, 0.6) is 0 Å². The van der Waals surface area contributed by atoms with Crippen LogP contribution in [-0.2, 0) is 9.53 Å². The molecule has 3 N–H and O–H groups in total. The number of ether oxygens (including phenoxy) is 1. The van der Waals surface area contributed by atoms with Gasteiger partial charge in [0.05, 0.1) is 24.3 Å². The highest BCUT2D eigenvalue weighted by atomic mass is 32.1. The Balaban J connectivity index is 1.92. The molecule has 20 heavy (non-hydrogen) atoms. The van der Waals surface area contributed by atoms with Crippen LogP contribution in [0.15, 0.2) is 11.4 Å². The number of carbonyl (C=O) groups is 2. The average Bonchev–Trinajstić information content (AvgIpc) is 2.75. The first kappa shape index (κ1) is 15.0. The quantitative estimate of drug-likeness (QED) is 0.864. The van der Waals surface area contributed by atoms with Gasteiger partial charge in [-0.1, -0.05) is 0 Å². The number of nitrogens with one attached hydrogen (secondary N) is 1. The summed E-state index contributed by atoms with van der Waals surface area (Å²) in [7, 11) is 0. The molecule has 0 radical (unpaired) electrons. The summed E-state index contributed by atoms with van der Waals surface area (Å²) in [5.74, 6) is -0.675. The zero-order valence-corrected chi connectivity index (χ0v) is 12.4. The first-order valence-electron chi connectivity index (χ1n) is 6.50. The lowest BCUT2D eigenvalue weighted by atomic mass is 10.2. The molecular weight excluding hydrogens is 278 g/mol. The van der Waals surface area contributed by atoms with Crippen LogP contribution in [-0.4, -0.2) is 48.6 Å². The lowest BCUT2D eigenvalue weighted by Gasteiger charge is -2.34. The molecule has 0 saturated carbocycles. The predicted molar refractivity (Wildman–Crippen MR) is 77.9 cm³/mol.